The van der Waals surface area contributed by atoms with Crippen LogP contribution in [0, 0.1) is 0 Å². The van der Waals surface area contributed by atoms with E-state index in [0.29, 0.717) is 19.7 Å². The van der Waals surface area contributed by atoms with Crippen molar-refractivity contribution < 1.29 is 13.2 Å². The zero-order valence-corrected chi connectivity index (χ0v) is 10.7. The maximum atomic E-state index is 11.7. The number of nitrogens with zero attached hydrogens (tertiary/aromatic N) is 1. The van der Waals surface area contributed by atoms with E-state index in [1.54, 1.807) is 14.2 Å². The van der Waals surface area contributed by atoms with Gasteiger partial charge in [-0.3, -0.25) is 0 Å². The van der Waals surface area contributed by atoms with Crippen LogP contribution in [0.15, 0.2) is 0 Å². The lowest BCUT2D eigenvalue weighted by Crippen LogP contribution is -2.44. The molecule has 0 aliphatic carbocycles. The lowest BCUT2D eigenvalue weighted by molar-refractivity contribution is 0.204. The van der Waals surface area contributed by atoms with Crippen LogP contribution in [0.4, 0.5) is 0 Å². The van der Waals surface area contributed by atoms with Crippen molar-refractivity contribution in [3.05, 3.63) is 0 Å². The molecule has 1 heterocycles. The van der Waals surface area contributed by atoms with Gasteiger partial charge in [-0.15, -0.1) is 0 Å². The predicted molar refractivity (Wildman–Crippen MR) is 62.5 cm³/mol. The maximum absolute atomic E-state index is 11.7. The van der Waals surface area contributed by atoms with Gasteiger partial charge >= 0.3 is 0 Å². The van der Waals surface area contributed by atoms with Crippen LogP contribution in [0.25, 0.3) is 0 Å². The molecule has 2 N–H and O–H groups in total. The average Bonchev–Trinajstić information content (AvgIpc) is 2.70. The standard InChI is InChI=1S/C9H21N3O3S/c1-12(8-9-4-3-5-10-9)16(13,14)11-6-7-15-2/h9-11H,3-8H2,1-2H3. The molecular weight excluding hydrogens is 230 g/mol. The summed E-state index contributed by atoms with van der Waals surface area (Å²) in [5.41, 5.74) is 0. The first kappa shape index (κ1) is 13.9. The molecule has 1 atom stereocenters. The van der Waals surface area contributed by atoms with Crippen LogP contribution < -0.4 is 10.0 Å². The summed E-state index contributed by atoms with van der Waals surface area (Å²) in [5.74, 6) is 0. The summed E-state index contributed by atoms with van der Waals surface area (Å²) in [7, 11) is -0.222. The summed E-state index contributed by atoms with van der Waals surface area (Å²) in [6, 6.07) is 0.281. The Morgan fingerprint density at radius 1 is 1.56 bits per heavy atom. The molecule has 96 valence electrons. The van der Waals surface area contributed by atoms with Crippen LogP contribution in [-0.2, 0) is 14.9 Å². The largest absolute Gasteiger partial charge is 0.383 e. The molecule has 16 heavy (non-hydrogen) atoms. The molecule has 0 amide bonds. The van der Waals surface area contributed by atoms with Crippen molar-refractivity contribution in [3.8, 4) is 0 Å². The quantitative estimate of drug-likeness (QED) is 0.578. The maximum Gasteiger partial charge on any atom is 0.279 e. The molecule has 1 aliphatic rings. The van der Waals surface area contributed by atoms with E-state index in [1.807, 2.05) is 0 Å². The number of hydrogen-bond acceptors (Lipinski definition) is 4. The first-order valence-corrected chi connectivity index (χ1v) is 6.93. The Hall–Kier alpha value is -0.210. The molecular formula is C9H21N3O3S. The number of likely N-dealkylation sites (N-methyl/N-ethyl adjacent to an activating group) is 1. The Balaban J connectivity index is 2.35. The van der Waals surface area contributed by atoms with Crippen LogP contribution in [0.3, 0.4) is 0 Å². The van der Waals surface area contributed by atoms with Gasteiger partial charge < -0.3 is 10.1 Å². The molecule has 1 aliphatic heterocycles. The van der Waals surface area contributed by atoms with Gasteiger partial charge in [-0.05, 0) is 19.4 Å². The second kappa shape index (κ2) is 6.51. The second-order valence-electron chi connectivity index (χ2n) is 3.97. The highest BCUT2D eigenvalue weighted by molar-refractivity contribution is 7.87. The zero-order valence-electron chi connectivity index (χ0n) is 9.90. The third-order valence-corrected chi connectivity index (χ3v) is 4.18. The SMILES string of the molecule is COCCNS(=O)(=O)N(C)CC1CCCN1. The van der Waals surface area contributed by atoms with E-state index in [-0.39, 0.29) is 6.04 Å². The Kier molecular flexibility index (Phi) is 5.63. The minimum Gasteiger partial charge on any atom is -0.383 e. The Morgan fingerprint density at radius 2 is 2.31 bits per heavy atom. The van der Waals surface area contributed by atoms with Gasteiger partial charge in [-0.1, -0.05) is 0 Å². The van der Waals surface area contributed by atoms with Gasteiger partial charge in [0.2, 0.25) is 0 Å². The second-order valence-corrected chi connectivity index (χ2v) is 5.83. The molecule has 0 aromatic rings. The van der Waals surface area contributed by atoms with E-state index in [4.69, 9.17) is 4.74 Å². The monoisotopic (exact) mass is 251 g/mol. The summed E-state index contributed by atoms with van der Waals surface area (Å²) < 4.78 is 32.1. The van der Waals surface area contributed by atoms with Crippen LogP contribution >= 0.6 is 0 Å². The zero-order chi connectivity index (χ0) is 12.0. The van der Waals surface area contributed by atoms with Crippen molar-refractivity contribution in [2.24, 2.45) is 0 Å². The first-order valence-electron chi connectivity index (χ1n) is 5.49. The highest BCUT2D eigenvalue weighted by Gasteiger charge is 2.22. The van der Waals surface area contributed by atoms with Gasteiger partial charge in [-0.25, -0.2) is 0 Å². The molecule has 0 radical (unpaired) electrons. The van der Waals surface area contributed by atoms with E-state index < -0.39 is 10.2 Å². The number of rotatable bonds is 7. The van der Waals surface area contributed by atoms with Crippen molar-refractivity contribution in [1.29, 1.82) is 0 Å². The summed E-state index contributed by atoms with van der Waals surface area (Å²) >= 11 is 0. The van der Waals surface area contributed by atoms with Crippen LogP contribution in [-0.4, -0.2) is 59.2 Å². The Bertz CT molecular complexity index is 288. The van der Waals surface area contributed by atoms with Crippen LogP contribution in [0.1, 0.15) is 12.8 Å². The smallest absolute Gasteiger partial charge is 0.279 e. The van der Waals surface area contributed by atoms with E-state index in [0.717, 1.165) is 19.4 Å². The fourth-order valence-corrected chi connectivity index (χ4v) is 2.64. The lowest BCUT2D eigenvalue weighted by Gasteiger charge is -2.21. The Labute approximate surface area is 97.5 Å². The molecule has 1 fully saturated rings. The molecule has 0 aromatic heterocycles. The molecule has 6 nitrogen and oxygen atoms in total. The third kappa shape index (κ3) is 4.34. The fraction of sp³-hybridized carbons (Fsp3) is 1.00. The summed E-state index contributed by atoms with van der Waals surface area (Å²) in [4.78, 5) is 0. The highest BCUT2D eigenvalue weighted by Crippen LogP contribution is 2.07. The minimum absolute atomic E-state index is 0.281. The third-order valence-electron chi connectivity index (χ3n) is 2.64. The molecule has 1 saturated heterocycles. The molecule has 0 aromatic carbocycles. The van der Waals surface area contributed by atoms with E-state index in [1.165, 1.54) is 4.31 Å². The van der Waals surface area contributed by atoms with E-state index in [2.05, 4.69) is 10.0 Å². The average molecular weight is 251 g/mol. The number of ether oxygens (including phenoxy) is 1. The van der Waals surface area contributed by atoms with Gasteiger partial charge in [0.25, 0.3) is 10.2 Å². The highest BCUT2D eigenvalue weighted by atomic mass is 32.2. The van der Waals surface area contributed by atoms with Gasteiger partial charge in [-0.2, -0.15) is 17.4 Å². The molecule has 0 saturated carbocycles. The molecule has 0 spiro atoms. The molecule has 0 bridgehead atoms. The normalized spacial score (nSPS) is 21.8. The van der Waals surface area contributed by atoms with Gasteiger partial charge in [0.05, 0.1) is 6.61 Å². The first-order chi connectivity index (χ1) is 7.56. The van der Waals surface area contributed by atoms with Crippen LogP contribution in [0.2, 0.25) is 0 Å². The predicted octanol–water partition coefficient (Wildman–Crippen LogP) is -0.849. The number of hydrogen-bond donors (Lipinski definition) is 2. The number of nitrogens with one attached hydrogen (secondary N) is 2. The molecule has 1 rings (SSSR count). The van der Waals surface area contributed by atoms with Crippen LogP contribution in [0.5, 0.6) is 0 Å². The summed E-state index contributed by atoms with van der Waals surface area (Å²) in [6.07, 6.45) is 2.16. The topological polar surface area (TPSA) is 70.7 Å². The van der Waals surface area contributed by atoms with Crippen molar-refractivity contribution in [1.82, 2.24) is 14.3 Å². The number of methoxy groups -OCH3 is 1. The van der Waals surface area contributed by atoms with Crippen molar-refractivity contribution >= 4 is 10.2 Å². The molecule has 1 unspecified atom stereocenters. The Morgan fingerprint density at radius 3 is 2.88 bits per heavy atom. The fourth-order valence-electron chi connectivity index (χ4n) is 1.70. The van der Waals surface area contributed by atoms with Crippen molar-refractivity contribution in [2.75, 3.05) is 40.4 Å². The van der Waals surface area contributed by atoms with Gasteiger partial charge in [0.15, 0.2) is 0 Å². The molecule has 7 heteroatoms. The van der Waals surface area contributed by atoms with Crippen molar-refractivity contribution in [2.45, 2.75) is 18.9 Å². The minimum atomic E-state index is -3.36. The van der Waals surface area contributed by atoms with E-state index in [9.17, 15) is 8.42 Å². The summed E-state index contributed by atoms with van der Waals surface area (Å²) in [6.45, 7) is 2.19. The lowest BCUT2D eigenvalue weighted by atomic mass is 10.2. The van der Waals surface area contributed by atoms with Crippen molar-refractivity contribution in [3.63, 3.8) is 0 Å². The van der Waals surface area contributed by atoms with Gasteiger partial charge in [0.1, 0.15) is 0 Å². The summed E-state index contributed by atoms with van der Waals surface area (Å²) in [5, 5.41) is 3.27. The van der Waals surface area contributed by atoms with E-state index >= 15 is 0 Å². The van der Waals surface area contributed by atoms with Gasteiger partial charge in [0, 0.05) is 33.3 Å².